The van der Waals surface area contributed by atoms with Crippen LogP contribution in [0.3, 0.4) is 0 Å². The predicted octanol–water partition coefficient (Wildman–Crippen LogP) is -0.391. The fourth-order valence-electron chi connectivity index (χ4n) is 2.81. The fraction of sp³-hybridized carbons (Fsp3) is 0.923. The second kappa shape index (κ2) is 7.07. The maximum atomic E-state index is 12.1. The van der Waals surface area contributed by atoms with Gasteiger partial charge in [-0.1, -0.05) is 0 Å². The number of aliphatic hydroxyl groups excluding tert-OH is 1. The van der Waals surface area contributed by atoms with Gasteiger partial charge >= 0.3 is 0 Å². The highest BCUT2D eigenvalue weighted by Crippen LogP contribution is 2.09. The lowest BCUT2D eigenvalue weighted by molar-refractivity contribution is -0.131. The van der Waals surface area contributed by atoms with E-state index in [0.717, 1.165) is 65.1 Å². The zero-order valence-electron chi connectivity index (χ0n) is 11.2. The van der Waals surface area contributed by atoms with Crippen LogP contribution in [0.25, 0.3) is 0 Å². The van der Waals surface area contributed by atoms with Gasteiger partial charge in [-0.2, -0.15) is 0 Å². The van der Waals surface area contributed by atoms with Crippen LogP contribution in [-0.4, -0.2) is 84.7 Å². The molecule has 2 aliphatic heterocycles. The monoisotopic (exact) mass is 255 g/mol. The Morgan fingerprint density at radius 1 is 0.889 bits per heavy atom. The van der Waals surface area contributed by atoms with Crippen LogP contribution in [0.4, 0.5) is 0 Å². The van der Waals surface area contributed by atoms with Crippen LogP contribution >= 0.6 is 0 Å². The van der Waals surface area contributed by atoms with E-state index in [1.54, 1.807) is 0 Å². The molecule has 0 aromatic carbocycles. The van der Waals surface area contributed by atoms with Gasteiger partial charge in [-0.15, -0.1) is 0 Å². The van der Waals surface area contributed by atoms with Crippen molar-refractivity contribution >= 4 is 5.91 Å². The third kappa shape index (κ3) is 3.93. The highest BCUT2D eigenvalue weighted by molar-refractivity contribution is 5.78. The summed E-state index contributed by atoms with van der Waals surface area (Å²) >= 11 is 0. The molecule has 2 aliphatic rings. The number of rotatable bonds is 4. The molecule has 5 heteroatoms. The number of carbonyl (C=O) groups is 1. The summed E-state index contributed by atoms with van der Waals surface area (Å²) in [5, 5.41) is 8.95. The molecule has 0 atom stereocenters. The van der Waals surface area contributed by atoms with Gasteiger partial charge in [-0.25, -0.2) is 0 Å². The van der Waals surface area contributed by atoms with Crippen molar-refractivity contribution in [2.24, 2.45) is 0 Å². The van der Waals surface area contributed by atoms with E-state index in [1.807, 2.05) is 4.90 Å². The lowest BCUT2D eigenvalue weighted by atomic mass is 10.3. The summed E-state index contributed by atoms with van der Waals surface area (Å²) in [6, 6.07) is 0. The highest BCUT2D eigenvalue weighted by atomic mass is 16.3. The zero-order chi connectivity index (χ0) is 12.8. The van der Waals surface area contributed by atoms with Gasteiger partial charge in [0, 0.05) is 32.7 Å². The van der Waals surface area contributed by atoms with Gasteiger partial charge in [0.15, 0.2) is 0 Å². The second-order valence-corrected chi connectivity index (χ2v) is 5.28. The number of carbonyl (C=O) groups excluding carboxylic acids is 1. The average molecular weight is 255 g/mol. The summed E-state index contributed by atoms with van der Waals surface area (Å²) in [5.74, 6) is 0.295. The third-order valence-corrected chi connectivity index (χ3v) is 3.92. The first kappa shape index (κ1) is 13.8. The Morgan fingerprint density at radius 2 is 1.56 bits per heavy atom. The Morgan fingerprint density at radius 3 is 2.28 bits per heavy atom. The highest BCUT2D eigenvalue weighted by Gasteiger charge is 2.21. The molecule has 5 nitrogen and oxygen atoms in total. The van der Waals surface area contributed by atoms with Crippen LogP contribution in [0.15, 0.2) is 0 Å². The fourth-order valence-corrected chi connectivity index (χ4v) is 2.81. The molecule has 0 aromatic rings. The molecule has 2 fully saturated rings. The van der Waals surface area contributed by atoms with Gasteiger partial charge in [0.05, 0.1) is 13.2 Å². The minimum Gasteiger partial charge on any atom is -0.395 e. The van der Waals surface area contributed by atoms with Crippen molar-refractivity contribution in [1.82, 2.24) is 14.7 Å². The molecule has 2 rings (SSSR count). The van der Waals surface area contributed by atoms with E-state index in [4.69, 9.17) is 5.11 Å². The second-order valence-electron chi connectivity index (χ2n) is 5.28. The number of aliphatic hydroxyl groups is 1. The third-order valence-electron chi connectivity index (χ3n) is 3.92. The lowest BCUT2D eigenvalue weighted by Crippen LogP contribution is -2.40. The number of hydrogen-bond acceptors (Lipinski definition) is 4. The Hall–Kier alpha value is -0.650. The average Bonchev–Trinajstić information content (AvgIpc) is 2.81. The molecular weight excluding hydrogens is 230 g/mol. The molecule has 0 aromatic heterocycles. The van der Waals surface area contributed by atoms with Gasteiger partial charge in [0.25, 0.3) is 0 Å². The molecule has 0 saturated carbocycles. The largest absolute Gasteiger partial charge is 0.395 e. The molecule has 104 valence electrons. The van der Waals surface area contributed by atoms with Crippen LogP contribution in [0.2, 0.25) is 0 Å². The molecule has 1 N–H and O–H groups in total. The molecule has 0 spiro atoms. The molecule has 0 bridgehead atoms. The van der Waals surface area contributed by atoms with Gasteiger partial charge in [-0.05, 0) is 32.4 Å². The van der Waals surface area contributed by atoms with E-state index in [0.29, 0.717) is 12.5 Å². The first-order chi connectivity index (χ1) is 8.79. The summed E-state index contributed by atoms with van der Waals surface area (Å²) in [6.45, 7) is 7.41. The summed E-state index contributed by atoms with van der Waals surface area (Å²) in [7, 11) is 0. The van der Waals surface area contributed by atoms with Crippen molar-refractivity contribution in [1.29, 1.82) is 0 Å². The molecule has 2 heterocycles. The summed E-state index contributed by atoms with van der Waals surface area (Å²) < 4.78 is 0. The molecule has 18 heavy (non-hydrogen) atoms. The molecular formula is C13H25N3O2. The maximum Gasteiger partial charge on any atom is 0.236 e. The predicted molar refractivity (Wildman–Crippen MR) is 70.4 cm³/mol. The van der Waals surface area contributed by atoms with Gasteiger partial charge in [-0.3, -0.25) is 14.6 Å². The summed E-state index contributed by atoms with van der Waals surface area (Å²) in [5.41, 5.74) is 0. The Balaban J connectivity index is 1.74. The van der Waals surface area contributed by atoms with E-state index < -0.39 is 0 Å². The minimum absolute atomic E-state index is 0.229. The van der Waals surface area contributed by atoms with E-state index in [9.17, 15) is 4.79 Å². The van der Waals surface area contributed by atoms with Crippen LogP contribution in [0, 0.1) is 0 Å². The number of likely N-dealkylation sites (tertiary alicyclic amines) is 1. The van der Waals surface area contributed by atoms with E-state index in [2.05, 4.69) is 9.80 Å². The number of hydrogen-bond donors (Lipinski definition) is 1. The van der Waals surface area contributed by atoms with E-state index in [1.165, 1.54) is 0 Å². The van der Waals surface area contributed by atoms with E-state index >= 15 is 0 Å². The van der Waals surface area contributed by atoms with Crippen molar-refractivity contribution in [3.8, 4) is 0 Å². The van der Waals surface area contributed by atoms with Gasteiger partial charge in [0.2, 0.25) is 5.91 Å². The number of β-amino-alcohol motifs (C(OH)–C–C–N with tert-alkyl or cyclic N) is 1. The smallest absolute Gasteiger partial charge is 0.236 e. The molecule has 2 saturated heterocycles. The van der Waals surface area contributed by atoms with Crippen molar-refractivity contribution in [3.63, 3.8) is 0 Å². The standard InChI is InChI=1S/C13H25N3O2/c17-11-10-14-4-3-5-15(9-8-14)12-13(18)16-6-1-2-7-16/h17H,1-12H2. The molecule has 0 unspecified atom stereocenters. The molecule has 1 amide bonds. The Kier molecular flexibility index (Phi) is 5.41. The maximum absolute atomic E-state index is 12.1. The Labute approximate surface area is 109 Å². The number of amides is 1. The first-order valence-electron chi connectivity index (χ1n) is 7.13. The SMILES string of the molecule is O=C(CN1CCCN(CCO)CC1)N1CCCC1. The van der Waals surface area contributed by atoms with Crippen molar-refractivity contribution in [3.05, 3.63) is 0 Å². The molecule has 0 aliphatic carbocycles. The quantitative estimate of drug-likeness (QED) is 0.743. The van der Waals surface area contributed by atoms with Crippen molar-refractivity contribution in [2.75, 3.05) is 59.0 Å². The van der Waals surface area contributed by atoms with Crippen molar-refractivity contribution < 1.29 is 9.90 Å². The van der Waals surface area contributed by atoms with Crippen LogP contribution in [0.5, 0.6) is 0 Å². The zero-order valence-corrected chi connectivity index (χ0v) is 11.2. The van der Waals surface area contributed by atoms with Crippen LogP contribution in [0.1, 0.15) is 19.3 Å². The van der Waals surface area contributed by atoms with Crippen LogP contribution < -0.4 is 0 Å². The van der Waals surface area contributed by atoms with Gasteiger partial charge < -0.3 is 10.0 Å². The van der Waals surface area contributed by atoms with Gasteiger partial charge in [0.1, 0.15) is 0 Å². The van der Waals surface area contributed by atoms with Crippen LogP contribution in [-0.2, 0) is 4.79 Å². The Bertz CT molecular complexity index is 267. The lowest BCUT2D eigenvalue weighted by Gasteiger charge is -2.23. The number of nitrogens with zero attached hydrogens (tertiary/aromatic N) is 3. The summed E-state index contributed by atoms with van der Waals surface area (Å²) in [6.07, 6.45) is 3.42. The topological polar surface area (TPSA) is 47.0 Å². The summed E-state index contributed by atoms with van der Waals surface area (Å²) in [4.78, 5) is 18.6. The molecule has 0 radical (unpaired) electrons. The first-order valence-corrected chi connectivity index (χ1v) is 7.13. The minimum atomic E-state index is 0.229. The van der Waals surface area contributed by atoms with E-state index in [-0.39, 0.29) is 6.61 Å². The van der Waals surface area contributed by atoms with Crippen molar-refractivity contribution in [2.45, 2.75) is 19.3 Å². The normalized spacial score (nSPS) is 23.3.